The zero-order valence-electron chi connectivity index (χ0n) is 28.8. The van der Waals surface area contributed by atoms with Crippen molar-refractivity contribution in [2.24, 2.45) is 40.4 Å². The van der Waals surface area contributed by atoms with E-state index in [9.17, 15) is 28.2 Å². The summed E-state index contributed by atoms with van der Waals surface area (Å²) < 4.78 is 37.6. The van der Waals surface area contributed by atoms with Crippen molar-refractivity contribution in [3.63, 3.8) is 0 Å². The smallest absolute Gasteiger partial charge is 0.317 e. The number of aliphatic hydroxyl groups excluding tert-OH is 2. The summed E-state index contributed by atoms with van der Waals surface area (Å²) in [5.41, 5.74) is 1.76. The molecular formula is C38H51NO7S. The lowest BCUT2D eigenvalue weighted by atomic mass is 9.66. The van der Waals surface area contributed by atoms with Crippen LogP contribution in [0.15, 0.2) is 65.1 Å². The van der Waals surface area contributed by atoms with Crippen LogP contribution in [0.3, 0.4) is 0 Å². The highest BCUT2D eigenvalue weighted by Crippen LogP contribution is 2.68. The topological polar surface area (TPSA) is 121 Å². The fourth-order valence-corrected chi connectivity index (χ4v) is 10.7. The Morgan fingerprint density at radius 1 is 1.02 bits per heavy atom. The Labute approximate surface area is 280 Å². The van der Waals surface area contributed by atoms with Crippen LogP contribution in [0.2, 0.25) is 0 Å². The molecule has 2 N–H and O–H groups in total. The van der Waals surface area contributed by atoms with E-state index < -0.39 is 45.4 Å². The Bertz CT molecular complexity index is 1610. The van der Waals surface area contributed by atoms with Gasteiger partial charge in [-0.15, -0.1) is 0 Å². The van der Waals surface area contributed by atoms with E-state index in [1.54, 1.807) is 36.4 Å². The van der Waals surface area contributed by atoms with Gasteiger partial charge < -0.3 is 14.9 Å². The number of aliphatic hydroxyl groups is 2. The van der Waals surface area contributed by atoms with Crippen molar-refractivity contribution in [1.29, 1.82) is 0 Å². The summed E-state index contributed by atoms with van der Waals surface area (Å²) in [4.78, 5) is 28.3. The number of ketones is 1. The number of benzene rings is 2. The number of esters is 1. The molecule has 3 aliphatic rings. The maximum atomic E-state index is 14.8. The van der Waals surface area contributed by atoms with E-state index in [0.717, 1.165) is 24.0 Å². The number of hydrogen-bond acceptors (Lipinski definition) is 7. The SMILES string of the molecule is Cc1cc(C)cc(N([C@H]2[C@H]3CC[C@@](C)([C@H]2OC(=O)[C@@H]2C(=O)CC[C@@H](C(C)C)[C@H]2C=C(CO)CO)C3(C)C)S(=O)(=O)c2ccccc2)c1. The molecule has 256 valence electrons. The minimum Gasteiger partial charge on any atom is -0.459 e. The van der Waals surface area contributed by atoms with Crippen molar-refractivity contribution in [2.45, 2.75) is 91.2 Å². The summed E-state index contributed by atoms with van der Waals surface area (Å²) in [5.74, 6) is -2.58. The first kappa shape index (κ1) is 35.3. The highest BCUT2D eigenvalue weighted by atomic mass is 32.2. The van der Waals surface area contributed by atoms with E-state index in [1.165, 1.54) is 4.31 Å². The van der Waals surface area contributed by atoms with Crippen molar-refractivity contribution in [3.05, 3.63) is 71.3 Å². The molecule has 0 heterocycles. The zero-order chi connectivity index (χ0) is 34.5. The first-order valence-corrected chi connectivity index (χ1v) is 18.3. The largest absolute Gasteiger partial charge is 0.459 e. The number of rotatable bonds is 10. The van der Waals surface area contributed by atoms with E-state index in [-0.39, 0.29) is 53.5 Å². The maximum Gasteiger partial charge on any atom is 0.317 e. The summed E-state index contributed by atoms with van der Waals surface area (Å²) in [7, 11) is -4.12. The molecule has 5 rings (SSSR count). The van der Waals surface area contributed by atoms with Crippen LogP contribution >= 0.6 is 0 Å². The van der Waals surface area contributed by atoms with Gasteiger partial charge in [-0.05, 0) is 97.2 Å². The van der Waals surface area contributed by atoms with Crippen molar-refractivity contribution >= 4 is 27.5 Å². The third kappa shape index (κ3) is 6.08. The van der Waals surface area contributed by atoms with Crippen molar-refractivity contribution in [1.82, 2.24) is 0 Å². The molecule has 0 aliphatic heterocycles. The monoisotopic (exact) mass is 665 g/mol. The van der Waals surface area contributed by atoms with Crippen LogP contribution in [-0.4, -0.2) is 55.7 Å². The van der Waals surface area contributed by atoms with Crippen LogP contribution in [-0.2, 0) is 24.3 Å². The number of ether oxygens (including phenoxy) is 1. The van der Waals surface area contributed by atoms with Crippen molar-refractivity contribution < 1.29 is 33.0 Å². The summed E-state index contributed by atoms with van der Waals surface area (Å²) >= 11 is 0. The molecule has 7 atom stereocenters. The molecule has 3 aliphatic carbocycles. The van der Waals surface area contributed by atoms with Crippen LogP contribution in [0.5, 0.6) is 0 Å². The number of aryl methyl sites for hydroxylation is 2. The Morgan fingerprint density at radius 3 is 2.21 bits per heavy atom. The molecule has 2 aromatic rings. The molecule has 0 amide bonds. The molecule has 9 heteroatoms. The standard InChI is InChI=1S/C38H51NO7S/c1-23(2)29-13-14-32(42)33(30(29)20-26(21-40)22-41)36(43)46-35-34(31-15-16-38(35,7)37(31,5)6)39(27-18-24(3)17-25(4)19-27)47(44,45)28-11-9-8-10-12-28/h8-12,17-20,23,29-31,33-35,40-41H,13-16,21-22H2,1-7H3/t29-,30+,31+,33-,34-,35-,38-/m0/s1. The normalized spacial score (nSPS) is 30.0. The van der Waals surface area contributed by atoms with Gasteiger partial charge in [0.1, 0.15) is 17.8 Å². The molecule has 8 nitrogen and oxygen atoms in total. The van der Waals surface area contributed by atoms with Crippen LogP contribution < -0.4 is 4.31 Å². The molecule has 0 radical (unpaired) electrons. The lowest BCUT2D eigenvalue weighted by Gasteiger charge is -2.44. The molecule has 2 aromatic carbocycles. The first-order valence-electron chi connectivity index (χ1n) is 16.9. The van der Waals surface area contributed by atoms with Gasteiger partial charge in [0, 0.05) is 17.8 Å². The number of anilines is 1. The Balaban J connectivity index is 1.65. The lowest BCUT2D eigenvalue weighted by molar-refractivity contribution is -0.168. The summed E-state index contributed by atoms with van der Waals surface area (Å²) in [6, 6.07) is 13.4. The summed E-state index contributed by atoms with van der Waals surface area (Å²) in [5, 5.41) is 19.8. The number of allylic oxidation sites excluding steroid dienone is 1. The molecule has 0 aromatic heterocycles. The van der Waals surface area contributed by atoms with E-state index in [4.69, 9.17) is 4.74 Å². The zero-order valence-corrected chi connectivity index (χ0v) is 29.6. The second-order valence-electron chi connectivity index (χ2n) is 15.2. The number of fused-ring (bicyclic) bond motifs is 2. The molecule has 3 fully saturated rings. The van der Waals surface area contributed by atoms with Gasteiger partial charge in [-0.1, -0.05) is 65.0 Å². The number of sulfonamides is 1. The Kier molecular flexibility index (Phi) is 9.86. The molecule has 3 saturated carbocycles. The third-order valence-electron chi connectivity index (χ3n) is 11.9. The molecule has 2 bridgehead atoms. The first-order chi connectivity index (χ1) is 22.1. The van der Waals surface area contributed by atoms with Crippen LogP contribution in [0.4, 0.5) is 5.69 Å². The quantitative estimate of drug-likeness (QED) is 0.181. The van der Waals surface area contributed by atoms with Gasteiger partial charge in [0.05, 0.1) is 29.8 Å². The van der Waals surface area contributed by atoms with Gasteiger partial charge in [0.25, 0.3) is 10.0 Å². The molecule has 0 unspecified atom stereocenters. The van der Waals surface area contributed by atoms with Crippen LogP contribution in [0.1, 0.15) is 71.4 Å². The average Bonchev–Trinajstić information content (AvgIpc) is 3.32. The van der Waals surface area contributed by atoms with Gasteiger partial charge >= 0.3 is 5.97 Å². The highest BCUT2D eigenvalue weighted by Gasteiger charge is 2.70. The second kappa shape index (κ2) is 13.1. The summed E-state index contributed by atoms with van der Waals surface area (Å²) in [6.07, 6.45) is 3.22. The second-order valence-corrected chi connectivity index (χ2v) is 17.0. The molecular weight excluding hydrogens is 614 g/mol. The fraction of sp³-hybridized carbons (Fsp3) is 0.579. The third-order valence-corrected chi connectivity index (χ3v) is 13.7. The van der Waals surface area contributed by atoms with Crippen LogP contribution in [0.25, 0.3) is 0 Å². The van der Waals surface area contributed by atoms with E-state index in [0.29, 0.717) is 17.7 Å². The number of nitrogens with zero attached hydrogens (tertiary/aromatic N) is 1. The fourth-order valence-electron chi connectivity index (χ4n) is 9.03. The van der Waals surface area contributed by atoms with E-state index >= 15 is 0 Å². The predicted octanol–water partition coefficient (Wildman–Crippen LogP) is 6.01. The predicted molar refractivity (Wildman–Crippen MR) is 182 cm³/mol. The van der Waals surface area contributed by atoms with E-state index in [1.807, 2.05) is 45.9 Å². The van der Waals surface area contributed by atoms with Gasteiger partial charge in [-0.2, -0.15) is 0 Å². The minimum atomic E-state index is -4.12. The number of hydrogen-bond donors (Lipinski definition) is 2. The Hall–Kier alpha value is -3.01. The maximum absolute atomic E-state index is 14.8. The van der Waals surface area contributed by atoms with Crippen LogP contribution in [0, 0.1) is 54.3 Å². The number of Topliss-reactive ketones (excluding diaryl/α,β-unsaturated/α-hetero) is 1. The number of carbonyl (C=O) groups is 2. The van der Waals surface area contributed by atoms with Crippen molar-refractivity contribution in [2.75, 3.05) is 17.5 Å². The van der Waals surface area contributed by atoms with E-state index in [2.05, 4.69) is 20.8 Å². The number of carbonyl (C=O) groups excluding carboxylic acids is 2. The molecule has 0 saturated heterocycles. The van der Waals surface area contributed by atoms with Gasteiger partial charge in [0.15, 0.2) is 0 Å². The molecule has 47 heavy (non-hydrogen) atoms. The molecule has 0 spiro atoms. The minimum absolute atomic E-state index is 0.0357. The lowest BCUT2D eigenvalue weighted by Crippen LogP contribution is -2.55. The van der Waals surface area contributed by atoms with Gasteiger partial charge in [0.2, 0.25) is 0 Å². The van der Waals surface area contributed by atoms with Gasteiger partial charge in [-0.25, -0.2) is 8.42 Å². The average molecular weight is 666 g/mol. The van der Waals surface area contributed by atoms with Crippen molar-refractivity contribution in [3.8, 4) is 0 Å². The highest BCUT2D eigenvalue weighted by molar-refractivity contribution is 7.92. The van der Waals surface area contributed by atoms with Gasteiger partial charge in [-0.3, -0.25) is 13.9 Å². The Morgan fingerprint density at radius 2 is 1.64 bits per heavy atom. The summed E-state index contributed by atoms with van der Waals surface area (Å²) in [6.45, 7) is 13.6.